The summed E-state index contributed by atoms with van der Waals surface area (Å²) in [5.41, 5.74) is 6.23. The first-order valence-corrected chi connectivity index (χ1v) is 6.05. The Balaban J connectivity index is 2.06. The van der Waals surface area contributed by atoms with E-state index in [0.29, 0.717) is 0 Å². The molecule has 2 heteroatoms. The zero-order chi connectivity index (χ0) is 11.8. The molecule has 2 aromatic rings. The number of nitrogens with zero attached hydrogens (tertiary/aromatic N) is 2. The maximum atomic E-state index is 4.43. The highest BCUT2D eigenvalue weighted by Gasteiger charge is 2.19. The molecule has 3 rings (SSSR count). The summed E-state index contributed by atoms with van der Waals surface area (Å²) in [5.74, 6) is 0. The lowest BCUT2D eigenvalue weighted by Crippen LogP contribution is -2.13. The van der Waals surface area contributed by atoms with E-state index in [9.17, 15) is 0 Å². The second kappa shape index (κ2) is 3.88. The van der Waals surface area contributed by atoms with Crippen LogP contribution in [0.1, 0.15) is 17.0 Å². The lowest BCUT2D eigenvalue weighted by atomic mass is 10.2. The highest BCUT2D eigenvalue weighted by molar-refractivity contribution is 5.70. The van der Waals surface area contributed by atoms with Gasteiger partial charge in [-0.25, -0.2) is 0 Å². The minimum absolute atomic E-state index is 1.07. The number of aryl methyl sites for hydroxylation is 2. The molecule has 1 aliphatic rings. The van der Waals surface area contributed by atoms with Gasteiger partial charge in [-0.05, 0) is 44.0 Å². The fourth-order valence-electron chi connectivity index (χ4n) is 2.57. The van der Waals surface area contributed by atoms with Crippen molar-refractivity contribution in [2.24, 2.45) is 0 Å². The summed E-state index contributed by atoms with van der Waals surface area (Å²) < 4.78 is 0. The van der Waals surface area contributed by atoms with Gasteiger partial charge in [-0.15, -0.1) is 0 Å². The fourth-order valence-corrected chi connectivity index (χ4v) is 2.57. The van der Waals surface area contributed by atoms with Gasteiger partial charge in [0.2, 0.25) is 0 Å². The Hall–Kier alpha value is -1.83. The molecule has 0 atom stereocenters. The molecule has 0 saturated heterocycles. The summed E-state index contributed by atoms with van der Waals surface area (Å²) in [4.78, 5) is 6.82. The van der Waals surface area contributed by atoms with Gasteiger partial charge in [0, 0.05) is 29.3 Å². The lowest BCUT2D eigenvalue weighted by Gasteiger charge is -2.20. The molecule has 1 aliphatic heterocycles. The monoisotopic (exact) mass is 224 g/mol. The molecule has 0 radical (unpaired) electrons. The van der Waals surface area contributed by atoms with E-state index in [4.69, 9.17) is 0 Å². The van der Waals surface area contributed by atoms with Crippen molar-refractivity contribution in [2.45, 2.75) is 20.3 Å². The molecule has 86 valence electrons. The van der Waals surface area contributed by atoms with Crippen LogP contribution in [-0.4, -0.2) is 11.5 Å². The maximum absolute atomic E-state index is 4.43. The highest BCUT2D eigenvalue weighted by atomic mass is 15.2. The smallest absolute Gasteiger partial charge is 0.0447 e. The van der Waals surface area contributed by atoms with Crippen molar-refractivity contribution < 1.29 is 0 Å². The summed E-state index contributed by atoms with van der Waals surface area (Å²) in [6, 6.07) is 13.0. The lowest BCUT2D eigenvalue weighted by molar-refractivity contribution is 0.987. The van der Waals surface area contributed by atoms with Crippen LogP contribution in [0.2, 0.25) is 0 Å². The topological polar surface area (TPSA) is 16.1 Å². The molecule has 0 bridgehead atoms. The summed E-state index contributed by atoms with van der Waals surface area (Å²) in [7, 11) is 0. The van der Waals surface area contributed by atoms with Gasteiger partial charge in [0.15, 0.2) is 0 Å². The Kier molecular flexibility index (Phi) is 2.36. The van der Waals surface area contributed by atoms with Crippen molar-refractivity contribution in [3.63, 3.8) is 0 Å². The van der Waals surface area contributed by atoms with Gasteiger partial charge in [-0.1, -0.05) is 18.2 Å². The van der Waals surface area contributed by atoms with Crippen LogP contribution in [0.3, 0.4) is 0 Å². The van der Waals surface area contributed by atoms with Crippen LogP contribution in [0, 0.1) is 13.8 Å². The number of fused-ring (bicyclic) bond motifs is 1. The molecule has 17 heavy (non-hydrogen) atoms. The van der Waals surface area contributed by atoms with Crippen LogP contribution < -0.4 is 4.90 Å². The Bertz CT molecular complexity index is 540. The summed E-state index contributed by atoms with van der Waals surface area (Å²) in [6.45, 7) is 5.18. The standard InChI is InChI=1S/C15H16N2/c1-11-9-14(10-12(2)16-11)17-8-7-13-5-3-4-6-15(13)17/h3-6,9-10H,7-8H2,1-2H3. The number of benzene rings is 1. The average Bonchev–Trinajstić information content (AvgIpc) is 2.71. The first-order valence-electron chi connectivity index (χ1n) is 6.05. The van der Waals surface area contributed by atoms with Gasteiger partial charge in [-0.2, -0.15) is 0 Å². The van der Waals surface area contributed by atoms with E-state index in [2.05, 4.69) is 60.1 Å². The van der Waals surface area contributed by atoms with E-state index >= 15 is 0 Å². The van der Waals surface area contributed by atoms with Gasteiger partial charge < -0.3 is 4.90 Å². The normalized spacial score (nSPS) is 13.9. The van der Waals surface area contributed by atoms with E-state index in [1.54, 1.807) is 0 Å². The van der Waals surface area contributed by atoms with E-state index in [0.717, 1.165) is 24.4 Å². The molecule has 0 N–H and O–H groups in total. The summed E-state index contributed by atoms with van der Waals surface area (Å²) in [6.07, 6.45) is 1.14. The third kappa shape index (κ3) is 1.80. The highest BCUT2D eigenvalue weighted by Crippen LogP contribution is 2.34. The molecule has 1 aromatic carbocycles. The summed E-state index contributed by atoms with van der Waals surface area (Å²) >= 11 is 0. The molecule has 2 heterocycles. The quantitative estimate of drug-likeness (QED) is 0.738. The van der Waals surface area contributed by atoms with Gasteiger partial charge in [0.1, 0.15) is 0 Å². The summed E-state index contributed by atoms with van der Waals surface area (Å²) in [5, 5.41) is 0. The Morgan fingerprint density at radius 2 is 1.76 bits per heavy atom. The van der Waals surface area contributed by atoms with Crippen LogP contribution in [0.4, 0.5) is 11.4 Å². The van der Waals surface area contributed by atoms with Crippen molar-refractivity contribution in [3.8, 4) is 0 Å². The molecular formula is C15H16N2. The van der Waals surface area contributed by atoms with Gasteiger partial charge in [0.25, 0.3) is 0 Å². The largest absolute Gasteiger partial charge is 0.341 e. The van der Waals surface area contributed by atoms with Crippen LogP contribution in [0.25, 0.3) is 0 Å². The third-order valence-electron chi connectivity index (χ3n) is 3.27. The van der Waals surface area contributed by atoms with Gasteiger partial charge in [-0.3, -0.25) is 4.98 Å². The van der Waals surface area contributed by atoms with Crippen molar-refractivity contribution in [2.75, 3.05) is 11.4 Å². The average molecular weight is 224 g/mol. The van der Waals surface area contributed by atoms with Crippen LogP contribution in [-0.2, 0) is 6.42 Å². The Morgan fingerprint density at radius 3 is 2.53 bits per heavy atom. The SMILES string of the molecule is Cc1cc(N2CCc3ccccc32)cc(C)n1. The molecule has 2 nitrogen and oxygen atoms in total. The number of hydrogen-bond acceptors (Lipinski definition) is 2. The van der Waals surface area contributed by atoms with Gasteiger partial charge in [0.05, 0.1) is 0 Å². The van der Waals surface area contributed by atoms with Crippen LogP contribution >= 0.6 is 0 Å². The predicted octanol–water partition coefficient (Wildman–Crippen LogP) is 3.39. The molecule has 0 aliphatic carbocycles. The predicted molar refractivity (Wildman–Crippen MR) is 70.9 cm³/mol. The minimum Gasteiger partial charge on any atom is -0.341 e. The molecule has 0 spiro atoms. The first kappa shape index (κ1) is 10.3. The zero-order valence-electron chi connectivity index (χ0n) is 10.3. The number of rotatable bonds is 1. The fraction of sp³-hybridized carbons (Fsp3) is 0.267. The number of hydrogen-bond donors (Lipinski definition) is 0. The third-order valence-corrected chi connectivity index (χ3v) is 3.27. The molecule has 0 amide bonds. The Labute approximate surface area is 102 Å². The number of pyridine rings is 1. The van der Waals surface area contributed by atoms with Crippen molar-refractivity contribution in [1.82, 2.24) is 4.98 Å². The molecule has 1 aromatic heterocycles. The van der Waals surface area contributed by atoms with E-state index in [1.807, 2.05) is 0 Å². The van der Waals surface area contributed by atoms with Crippen LogP contribution in [0.15, 0.2) is 36.4 Å². The minimum atomic E-state index is 1.07. The van der Waals surface area contributed by atoms with Crippen molar-refractivity contribution in [3.05, 3.63) is 53.3 Å². The first-order chi connectivity index (χ1) is 8.24. The number of aromatic nitrogens is 1. The van der Waals surface area contributed by atoms with Crippen molar-refractivity contribution >= 4 is 11.4 Å². The number of anilines is 2. The van der Waals surface area contributed by atoms with E-state index < -0.39 is 0 Å². The zero-order valence-corrected chi connectivity index (χ0v) is 10.3. The second-order valence-corrected chi connectivity index (χ2v) is 4.64. The maximum Gasteiger partial charge on any atom is 0.0447 e. The molecule has 0 saturated carbocycles. The van der Waals surface area contributed by atoms with Crippen LogP contribution in [0.5, 0.6) is 0 Å². The molecule has 0 unspecified atom stereocenters. The molecular weight excluding hydrogens is 208 g/mol. The van der Waals surface area contributed by atoms with Gasteiger partial charge >= 0.3 is 0 Å². The molecule has 0 fully saturated rings. The Morgan fingerprint density at radius 1 is 1.06 bits per heavy atom. The second-order valence-electron chi connectivity index (χ2n) is 4.64. The number of para-hydroxylation sites is 1. The van der Waals surface area contributed by atoms with E-state index in [-0.39, 0.29) is 0 Å². The van der Waals surface area contributed by atoms with E-state index in [1.165, 1.54) is 16.9 Å². The van der Waals surface area contributed by atoms with Crippen molar-refractivity contribution in [1.29, 1.82) is 0 Å².